The van der Waals surface area contributed by atoms with Gasteiger partial charge in [0.15, 0.2) is 6.61 Å². The van der Waals surface area contributed by atoms with Gasteiger partial charge in [-0.25, -0.2) is 22.3 Å². The quantitative estimate of drug-likeness (QED) is 0.451. The van der Waals surface area contributed by atoms with Gasteiger partial charge in [-0.15, -0.1) is 6.58 Å². The van der Waals surface area contributed by atoms with E-state index >= 15 is 0 Å². The summed E-state index contributed by atoms with van der Waals surface area (Å²) in [5, 5.41) is 2.59. The number of carbonyl (C=O) groups is 2. The summed E-state index contributed by atoms with van der Waals surface area (Å²) in [5.74, 6) is -1.66. The molecule has 0 unspecified atom stereocenters. The van der Waals surface area contributed by atoms with Crippen molar-refractivity contribution in [2.24, 2.45) is 0 Å². The van der Waals surface area contributed by atoms with E-state index in [1.807, 2.05) is 0 Å². The van der Waals surface area contributed by atoms with Crippen molar-refractivity contribution >= 4 is 21.9 Å². The minimum Gasteiger partial charge on any atom is -0.452 e. The molecular formula is C20H21FN2O5S. The molecule has 2 aromatic carbocycles. The van der Waals surface area contributed by atoms with Crippen LogP contribution in [0.5, 0.6) is 0 Å². The van der Waals surface area contributed by atoms with Crippen LogP contribution in [0.2, 0.25) is 0 Å². The number of nitrogens with one attached hydrogen (secondary N) is 2. The lowest BCUT2D eigenvalue weighted by atomic mass is 10.1. The van der Waals surface area contributed by atoms with Gasteiger partial charge in [0.2, 0.25) is 10.0 Å². The Kier molecular flexibility index (Phi) is 8.05. The van der Waals surface area contributed by atoms with Crippen LogP contribution in [0.3, 0.4) is 0 Å². The van der Waals surface area contributed by atoms with Crippen LogP contribution in [0.1, 0.15) is 15.9 Å². The van der Waals surface area contributed by atoms with Crippen molar-refractivity contribution in [3.8, 4) is 0 Å². The number of hydrogen-bond acceptors (Lipinski definition) is 5. The molecule has 0 fully saturated rings. The topological polar surface area (TPSA) is 102 Å². The molecule has 1 amide bonds. The molecule has 29 heavy (non-hydrogen) atoms. The molecule has 2 N–H and O–H groups in total. The molecule has 0 saturated carbocycles. The van der Waals surface area contributed by atoms with E-state index in [1.165, 1.54) is 42.5 Å². The van der Waals surface area contributed by atoms with Crippen molar-refractivity contribution in [2.75, 3.05) is 19.7 Å². The van der Waals surface area contributed by atoms with Gasteiger partial charge in [0, 0.05) is 13.1 Å². The Bertz CT molecular complexity index is 975. The lowest BCUT2D eigenvalue weighted by molar-refractivity contribution is -0.124. The molecule has 2 rings (SSSR count). The van der Waals surface area contributed by atoms with E-state index in [-0.39, 0.29) is 22.8 Å². The monoisotopic (exact) mass is 420 g/mol. The minimum atomic E-state index is -3.78. The number of sulfonamides is 1. The average molecular weight is 420 g/mol. The molecule has 0 aromatic heterocycles. The second-order valence-electron chi connectivity index (χ2n) is 5.97. The van der Waals surface area contributed by atoms with Crippen molar-refractivity contribution in [1.29, 1.82) is 0 Å². The maximum Gasteiger partial charge on any atom is 0.338 e. The Morgan fingerprint density at radius 2 is 1.86 bits per heavy atom. The van der Waals surface area contributed by atoms with Crippen LogP contribution in [-0.4, -0.2) is 40.0 Å². The molecule has 0 radical (unpaired) electrons. The number of benzene rings is 2. The normalized spacial score (nSPS) is 10.9. The van der Waals surface area contributed by atoms with Crippen LogP contribution < -0.4 is 10.0 Å². The van der Waals surface area contributed by atoms with E-state index in [1.54, 1.807) is 12.1 Å². The first-order valence-corrected chi connectivity index (χ1v) is 10.2. The Morgan fingerprint density at radius 1 is 1.14 bits per heavy atom. The Balaban J connectivity index is 1.83. The molecule has 0 aliphatic carbocycles. The summed E-state index contributed by atoms with van der Waals surface area (Å²) >= 11 is 0. The van der Waals surface area contributed by atoms with Crippen molar-refractivity contribution < 1.29 is 27.1 Å². The number of ether oxygens (including phenoxy) is 1. The van der Waals surface area contributed by atoms with E-state index in [2.05, 4.69) is 16.6 Å². The van der Waals surface area contributed by atoms with Crippen LogP contribution in [0, 0.1) is 5.82 Å². The number of halogens is 1. The fourth-order valence-electron chi connectivity index (χ4n) is 2.30. The van der Waals surface area contributed by atoms with Crippen molar-refractivity contribution in [3.05, 3.63) is 78.1 Å². The molecule has 0 bridgehead atoms. The third-order valence-corrected chi connectivity index (χ3v) is 5.20. The van der Waals surface area contributed by atoms with Gasteiger partial charge < -0.3 is 10.1 Å². The van der Waals surface area contributed by atoms with Gasteiger partial charge in [-0.05, 0) is 42.3 Å². The predicted octanol–water partition coefficient (Wildman–Crippen LogP) is 1.81. The summed E-state index contributed by atoms with van der Waals surface area (Å²) in [6.07, 6.45) is 1.89. The molecule has 9 heteroatoms. The predicted molar refractivity (Wildman–Crippen MR) is 105 cm³/mol. The second-order valence-corrected chi connectivity index (χ2v) is 7.74. The molecule has 0 aliphatic heterocycles. The van der Waals surface area contributed by atoms with Gasteiger partial charge in [-0.2, -0.15) is 0 Å². The zero-order valence-electron chi connectivity index (χ0n) is 15.6. The van der Waals surface area contributed by atoms with E-state index in [0.717, 1.165) is 5.56 Å². The van der Waals surface area contributed by atoms with Gasteiger partial charge >= 0.3 is 5.97 Å². The Labute approximate surface area is 168 Å². The standard InChI is InChI=1S/C20H21FN2O5S/c1-2-11-23-29(26,27)18-5-3-4-16(13-18)20(25)28-14-19(24)22-12-10-15-6-8-17(21)9-7-15/h2-9,13,23H,1,10-12,14H2,(H,22,24). The summed E-state index contributed by atoms with van der Waals surface area (Å²) in [7, 11) is -3.78. The van der Waals surface area contributed by atoms with Gasteiger partial charge in [0.05, 0.1) is 10.5 Å². The summed E-state index contributed by atoms with van der Waals surface area (Å²) in [6.45, 7) is 3.27. The molecule has 0 heterocycles. The molecule has 2 aromatic rings. The highest BCUT2D eigenvalue weighted by atomic mass is 32.2. The number of esters is 1. The molecule has 0 saturated heterocycles. The number of carbonyl (C=O) groups excluding carboxylic acids is 2. The van der Waals surface area contributed by atoms with Crippen LogP contribution in [-0.2, 0) is 26.0 Å². The van der Waals surface area contributed by atoms with E-state index in [4.69, 9.17) is 4.74 Å². The van der Waals surface area contributed by atoms with Crippen LogP contribution in [0.4, 0.5) is 4.39 Å². The summed E-state index contributed by atoms with van der Waals surface area (Å²) in [5.41, 5.74) is 0.859. The summed E-state index contributed by atoms with van der Waals surface area (Å²) in [6, 6.07) is 11.2. The summed E-state index contributed by atoms with van der Waals surface area (Å²) < 4.78 is 44.2. The van der Waals surface area contributed by atoms with Crippen molar-refractivity contribution in [3.63, 3.8) is 0 Å². The molecule has 0 aliphatic rings. The number of rotatable bonds is 10. The summed E-state index contributed by atoms with van der Waals surface area (Å²) in [4.78, 5) is 23.8. The lowest BCUT2D eigenvalue weighted by Gasteiger charge is -2.08. The van der Waals surface area contributed by atoms with Crippen LogP contribution >= 0.6 is 0 Å². The molecule has 0 spiro atoms. The Morgan fingerprint density at radius 3 is 2.55 bits per heavy atom. The molecule has 7 nitrogen and oxygen atoms in total. The van der Waals surface area contributed by atoms with Crippen molar-refractivity contribution in [2.45, 2.75) is 11.3 Å². The third kappa shape index (κ3) is 7.13. The highest BCUT2D eigenvalue weighted by Gasteiger charge is 2.16. The molecular weight excluding hydrogens is 399 g/mol. The van der Waals surface area contributed by atoms with Gasteiger partial charge in [0.25, 0.3) is 5.91 Å². The zero-order valence-corrected chi connectivity index (χ0v) is 16.4. The van der Waals surface area contributed by atoms with E-state index in [9.17, 15) is 22.4 Å². The van der Waals surface area contributed by atoms with Crippen molar-refractivity contribution in [1.82, 2.24) is 10.0 Å². The fourth-order valence-corrected chi connectivity index (χ4v) is 3.35. The molecule has 0 atom stereocenters. The maximum atomic E-state index is 12.8. The van der Waals surface area contributed by atoms with Gasteiger partial charge in [-0.3, -0.25) is 4.79 Å². The highest BCUT2D eigenvalue weighted by molar-refractivity contribution is 7.89. The smallest absolute Gasteiger partial charge is 0.338 e. The average Bonchev–Trinajstić information content (AvgIpc) is 2.72. The minimum absolute atomic E-state index is 0.00518. The first-order chi connectivity index (χ1) is 13.8. The SMILES string of the molecule is C=CCNS(=O)(=O)c1cccc(C(=O)OCC(=O)NCCc2ccc(F)cc2)c1. The largest absolute Gasteiger partial charge is 0.452 e. The first-order valence-electron chi connectivity index (χ1n) is 8.71. The van der Waals surface area contributed by atoms with E-state index < -0.39 is 28.5 Å². The Hall–Kier alpha value is -3.04. The number of hydrogen-bond donors (Lipinski definition) is 2. The first kappa shape index (κ1) is 22.3. The third-order valence-electron chi connectivity index (χ3n) is 3.78. The zero-order chi connectivity index (χ0) is 21.3. The lowest BCUT2D eigenvalue weighted by Crippen LogP contribution is -2.30. The fraction of sp³-hybridized carbons (Fsp3) is 0.200. The second kappa shape index (κ2) is 10.5. The van der Waals surface area contributed by atoms with Crippen LogP contribution in [0.15, 0.2) is 66.1 Å². The number of amides is 1. The molecule has 154 valence electrons. The van der Waals surface area contributed by atoms with Gasteiger partial charge in [-0.1, -0.05) is 24.3 Å². The highest BCUT2D eigenvalue weighted by Crippen LogP contribution is 2.12. The van der Waals surface area contributed by atoms with E-state index in [0.29, 0.717) is 13.0 Å². The van der Waals surface area contributed by atoms with Crippen LogP contribution in [0.25, 0.3) is 0 Å². The maximum absolute atomic E-state index is 12.8. The van der Waals surface area contributed by atoms with Gasteiger partial charge in [0.1, 0.15) is 5.82 Å².